The highest BCUT2D eigenvalue weighted by molar-refractivity contribution is 6.13. The van der Waals surface area contributed by atoms with Gasteiger partial charge in [0, 0.05) is 11.3 Å². The molecule has 0 bridgehead atoms. The van der Waals surface area contributed by atoms with Gasteiger partial charge in [-0.05, 0) is 55.5 Å². The highest BCUT2D eigenvalue weighted by atomic mass is 19.1. The molecule has 2 heterocycles. The van der Waals surface area contributed by atoms with E-state index >= 15 is 0 Å². The van der Waals surface area contributed by atoms with Gasteiger partial charge in [0.2, 0.25) is 11.7 Å². The Morgan fingerprint density at radius 1 is 1.00 bits per heavy atom. The monoisotopic (exact) mass is 384 g/mol. The number of nitrogens with zero attached hydrogens (tertiary/aromatic N) is 4. The van der Waals surface area contributed by atoms with E-state index in [4.69, 9.17) is 4.52 Å². The molecule has 2 aromatic carbocycles. The van der Waals surface area contributed by atoms with Gasteiger partial charge in [0.1, 0.15) is 24.2 Å². The average Bonchev–Trinajstić information content (AvgIpc) is 3.23. The highest BCUT2D eigenvalue weighted by Crippen LogP contribution is 2.27. The highest BCUT2D eigenvalue weighted by Gasteiger charge is 2.44. The van der Waals surface area contributed by atoms with Crippen LogP contribution in [0.2, 0.25) is 0 Å². The number of rotatable bonds is 4. The predicted molar refractivity (Wildman–Crippen MR) is 94.0 cm³/mol. The first-order chi connectivity index (χ1) is 13.4. The van der Waals surface area contributed by atoms with Crippen LogP contribution in [0.1, 0.15) is 12.8 Å². The molecule has 4 rings (SSSR count). The Morgan fingerprint density at radius 2 is 1.61 bits per heavy atom. The second-order valence-corrected chi connectivity index (χ2v) is 6.25. The summed E-state index contributed by atoms with van der Waals surface area (Å²) in [6.07, 6.45) is 0. The molecule has 3 amide bonds. The first kappa shape index (κ1) is 17.8. The summed E-state index contributed by atoms with van der Waals surface area (Å²) in [7, 11) is 0. The molecule has 1 fully saturated rings. The van der Waals surface area contributed by atoms with Crippen LogP contribution in [0.15, 0.2) is 53.1 Å². The van der Waals surface area contributed by atoms with Gasteiger partial charge in [-0.3, -0.25) is 14.6 Å². The van der Waals surface area contributed by atoms with Crippen LogP contribution in [0.5, 0.6) is 0 Å². The van der Waals surface area contributed by atoms with Gasteiger partial charge in [-0.2, -0.15) is 4.98 Å². The minimum atomic E-state index is -0.752. The summed E-state index contributed by atoms with van der Waals surface area (Å²) >= 11 is 0. The van der Waals surface area contributed by atoms with Gasteiger partial charge in [-0.25, -0.2) is 13.6 Å². The van der Waals surface area contributed by atoms with Crippen molar-refractivity contribution in [3.63, 3.8) is 0 Å². The number of halogens is 2. The number of carbonyl (C=O) groups is 2. The van der Waals surface area contributed by atoms with Gasteiger partial charge in [0.05, 0.1) is 0 Å². The summed E-state index contributed by atoms with van der Waals surface area (Å²) in [5.41, 5.74) is 0.948. The summed E-state index contributed by atoms with van der Waals surface area (Å²) in [6, 6.07) is 9.50. The van der Waals surface area contributed by atoms with Gasteiger partial charge >= 0.3 is 6.03 Å². The molecule has 0 saturated carbocycles. The molecule has 1 aromatic heterocycles. The van der Waals surface area contributed by atoms with Crippen LogP contribution in [-0.4, -0.2) is 33.0 Å². The maximum atomic E-state index is 13.1. The number of amides is 3. The lowest BCUT2D eigenvalue weighted by Gasteiger charge is -2.18. The number of hydrogen-bond acceptors (Lipinski definition) is 5. The third-order valence-corrected chi connectivity index (χ3v) is 4.42. The van der Waals surface area contributed by atoms with E-state index < -0.39 is 29.6 Å². The van der Waals surface area contributed by atoms with Crippen molar-refractivity contribution in [1.29, 1.82) is 0 Å². The largest absolute Gasteiger partial charge is 0.337 e. The van der Waals surface area contributed by atoms with Crippen LogP contribution in [0.4, 0.5) is 19.3 Å². The lowest BCUT2D eigenvalue weighted by Crippen LogP contribution is -2.33. The smallest absolute Gasteiger partial charge is 0.332 e. The fourth-order valence-corrected chi connectivity index (χ4v) is 2.98. The molecule has 7 nitrogen and oxygen atoms in total. The van der Waals surface area contributed by atoms with Crippen LogP contribution in [0.3, 0.4) is 0 Å². The molecule has 1 unspecified atom stereocenters. The van der Waals surface area contributed by atoms with E-state index in [2.05, 4.69) is 10.1 Å². The molecular formula is C19H14F2N4O3. The van der Waals surface area contributed by atoms with Gasteiger partial charge in [-0.15, -0.1) is 0 Å². The van der Waals surface area contributed by atoms with Gasteiger partial charge in [0.15, 0.2) is 0 Å². The standard InChI is InChI=1S/C19H14F2N4O3/c1-11-18(26)24(19(27)25(11)15-8-6-14(21)7-9-15)10-16-22-17(23-28-16)12-2-4-13(20)5-3-12/h2-9,11H,10H2,1H3. The zero-order chi connectivity index (χ0) is 19.8. The van der Waals surface area contributed by atoms with Crippen LogP contribution in [-0.2, 0) is 11.3 Å². The number of hydrogen-bond donors (Lipinski definition) is 0. The Morgan fingerprint density at radius 3 is 2.25 bits per heavy atom. The zero-order valence-electron chi connectivity index (χ0n) is 14.7. The maximum absolute atomic E-state index is 13.1. The van der Waals surface area contributed by atoms with Crippen LogP contribution in [0.25, 0.3) is 11.4 Å². The number of anilines is 1. The first-order valence-electron chi connectivity index (χ1n) is 8.42. The van der Waals surface area contributed by atoms with Crippen molar-refractivity contribution in [2.45, 2.75) is 19.5 Å². The van der Waals surface area contributed by atoms with Crippen molar-refractivity contribution in [3.05, 3.63) is 66.1 Å². The van der Waals surface area contributed by atoms with Crippen molar-refractivity contribution in [2.75, 3.05) is 4.90 Å². The summed E-state index contributed by atoms with van der Waals surface area (Å²) in [5.74, 6) is -0.983. The molecule has 0 spiro atoms. The maximum Gasteiger partial charge on any atom is 0.332 e. The number of benzene rings is 2. The van der Waals surface area contributed by atoms with Gasteiger partial charge < -0.3 is 4.52 Å². The summed E-state index contributed by atoms with van der Waals surface area (Å²) in [5, 5.41) is 3.80. The molecule has 0 N–H and O–H groups in total. The Bertz CT molecular complexity index is 1030. The van der Waals surface area contributed by atoms with Gasteiger partial charge in [-0.1, -0.05) is 5.16 Å². The minimum Gasteiger partial charge on any atom is -0.337 e. The summed E-state index contributed by atoms with van der Waals surface area (Å²) < 4.78 is 31.3. The van der Waals surface area contributed by atoms with E-state index in [9.17, 15) is 18.4 Å². The fraction of sp³-hybridized carbons (Fsp3) is 0.158. The van der Waals surface area contributed by atoms with Crippen LogP contribution in [0, 0.1) is 11.6 Å². The van der Waals surface area contributed by atoms with Crippen LogP contribution < -0.4 is 4.90 Å². The summed E-state index contributed by atoms with van der Waals surface area (Å²) in [6.45, 7) is 1.38. The molecule has 1 saturated heterocycles. The normalized spacial score (nSPS) is 16.9. The molecule has 9 heteroatoms. The van der Waals surface area contributed by atoms with E-state index in [1.807, 2.05) is 0 Å². The third-order valence-electron chi connectivity index (χ3n) is 4.42. The Kier molecular flexibility index (Phi) is 4.34. The molecule has 1 atom stereocenters. The second-order valence-electron chi connectivity index (χ2n) is 6.25. The molecule has 142 valence electrons. The Balaban J connectivity index is 1.55. The lowest BCUT2D eigenvalue weighted by molar-refractivity contribution is -0.127. The quantitative estimate of drug-likeness (QED) is 0.645. The minimum absolute atomic E-state index is 0.0641. The Hall–Kier alpha value is -3.62. The van der Waals surface area contributed by atoms with Crippen molar-refractivity contribution < 1.29 is 22.9 Å². The van der Waals surface area contributed by atoms with E-state index in [1.54, 1.807) is 6.92 Å². The van der Waals surface area contributed by atoms with E-state index in [-0.39, 0.29) is 18.3 Å². The third kappa shape index (κ3) is 3.11. The molecule has 1 aliphatic heterocycles. The molecule has 3 aromatic rings. The average molecular weight is 384 g/mol. The van der Waals surface area contributed by atoms with E-state index in [1.165, 1.54) is 53.4 Å². The Labute approximate surface area is 158 Å². The molecule has 0 radical (unpaired) electrons. The zero-order valence-corrected chi connectivity index (χ0v) is 14.7. The van der Waals surface area contributed by atoms with Crippen molar-refractivity contribution in [1.82, 2.24) is 15.0 Å². The predicted octanol–water partition coefficient (Wildman–Crippen LogP) is 3.37. The van der Waals surface area contributed by atoms with Crippen molar-refractivity contribution in [3.8, 4) is 11.4 Å². The SMILES string of the molecule is CC1C(=O)N(Cc2nc(-c3ccc(F)cc3)no2)C(=O)N1c1ccc(F)cc1. The van der Waals surface area contributed by atoms with Gasteiger partial charge in [0.25, 0.3) is 5.91 Å². The molecule has 1 aliphatic rings. The fourth-order valence-electron chi connectivity index (χ4n) is 2.98. The summed E-state index contributed by atoms with van der Waals surface area (Å²) in [4.78, 5) is 31.7. The number of urea groups is 1. The number of imide groups is 1. The topological polar surface area (TPSA) is 79.5 Å². The van der Waals surface area contributed by atoms with Crippen molar-refractivity contribution in [2.24, 2.45) is 0 Å². The second kappa shape index (κ2) is 6.84. The molecule has 0 aliphatic carbocycles. The molecule has 28 heavy (non-hydrogen) atoms. The number of aromatic nitrogens is 2. The molecular weight excluding hydrogens is 370 g/mol. The lowest BCUT2D eigenvalue weighted by atomic mass is 10.2. The van der Waals surface area contributed by atoms with Crippen LogP contribution >= 0.6 is 0 Å². The van der Waals surface area contributed by atoms with E-state index in [0.717, 1.165) is 4.90 Å². The number of carbonyl (C=O) groups excluding carboxylic acids is 2. The van der Waals surface area contributed by atoms with E-state index in [0.29, 0.717) is 11.3 Å². The first-order valence-corrected chi connectivity index (χ1v) is 8.42. The van der Waals surface area contributed by atoms with Crippen molar-refractivity contribution >= 4 is 17.6 Å².